The van der Waals surface area contributed by atoms with Crippen molar-refractivity contribution >= 4 is 5.69 Å². The summed E-state index contributed by atoms with van der Waals surface area (Å²) in [6, 6.07) is 9.25. The van der Waals surface area contributed by atoms with Crippen molar-refractivity contribution in [2.24, 2.45) is 5.92 Å². The average Bonchev–Trinajstić information content (AvgIpc) is 2.46. The van der Waals surface area contributed by atoms with Gasteiger partial charge in [-0.05, 0) is 44.4 Å². The minimum atomic E-state index is 0.421. The van der Waals surface area contributed by atoms with Gasteiger partial charge in [0.25, 0.3) is 0 Å². The van der Waals surface area contributed by atoms with E-state index in [1.807, 2.05) is 7.05 Å². The molecule has 0 aromatic heterocycles. The molecule has 1 fully saturated rings. The van der Waals surface area contributed by atoms with E-state index >= 15 is 0 Å². The maximum absolute atomic E-state index is 3.35. The molecule has 0 radical (unpaired) electrons. The fourth-order valence-electron chi connectivity index (χ4n) is 2.88. The van der Waals surface area contributed by atoms with Crippen molar-refractivity contribution in [2.75, 3.05) is 25.0 Å². The SMILES string of the molecule is CCC1CCN(c2ccccc2C(C)NC)CC1. The molecular weight excluding hydrogens is 220 g/mol. The number of nitrogens with zero attached hydrogens (tertiary/aromatic N) is 1. The van der Waals surface area contributed by atoms with Crippen LogP contribution in [0.5, 0.6) is 0 Å². The van der Waals surface area contributed by atoms with E-state index in [1.165, 1.54) is 43.6 Å². The quantitative estimate of drug-likeness (QED) is 0.873. The number of para-hydroxylation sites is 1. The van der Waals surface area contributed by atoms with Crippen LogP contribution in [-0.4, -0.2) is 20.1 Å². The first-order valence-electron chi connectivity index (χ1n) is 7.27. The second kappa shape index (κ2) is 6.24. The lowest BCUT2D eigenvalue weighted by molar-refractivity contribution is 0.394. The summed E-state index contributed by atoms with van der Waals surface area (Å²) < 4.78 is 0. The highest BCUT2D eigenvalue weighted by atomic mass is 15.1. The van der Waals surface area contributed by atoms with Crippen LogP contribution in [0.25, 0.3) is 0 Å². The molecule has 0 bridgehead atoms. The van der Waals surface area contributed by atoms with Gasteiger partial charge in [0.1, 0.15) is 0 Å². The number of rotatable bonds is 4. The van der Waals surface area contributed by atoms with Gasteiger partial charge in [-0.15, -0.1) is 0 Å². The summed E-state index contributed by atoms with van der Waals surface area (Å²) in [6.45, 7) is 6.98. The van der Waals surface area contributed by atoms with Gasteiger partial charge in [-0.3, -0.25) is 0 Å². The molecule has 100 valence electrons. The Bertz CT molecular complexity index is 367. The predicted octanol–water partition coefficient (Wildman–Crippen LogP) is 3.59. The summed E-state index contributed by atoms with van der Waals surface area (Å²) in [5.74, 6) is 0.940. The second-order valence-electron chi connectivity index (χ2n) is 5.41. The number of benzene rings is 1. The van der Waals surface area contributed by atoms with Crippen LogP contribution in [0.3, 0.4) is 0 Å². The Balaban J connectivity index is 2.13. The lowest BCUT2D eigenvalue weighted by atomic mass is 9.93. The number of hydrogen-bond acceptors (Lipinski definition) is 2. The van der Waals surface area contributed by atoms with Gasteiger partial charge in [-0.25, -0.2) is 0 Å². The van der Waals surface area contributed by atoms with Gasteiger partial charge in [0.15, 0.2) is 0 Å². The summed E-state index contributed by atoms with van der Waals surface area (Å²) in [5.41, 5.74) is 2.85. The fraction of sp³-hybridized carbons (Fsp3) is 0.625. The minimum absolute atomic E-state index is 0.421. The van der Waals surface area contributed by atoms with E-state index in [0.29, 0.717) is 6.04 Å². The van der Waals surface area contributed by atoms with Crippen molar-refractivity contribution < 1.29 is 0 Å². The molecule has 0 aliphatic carbocycles. The van der Waals surface area contributed by atoms with Gasteiger partial charge in [0.2, 0.25) is 0 Å². The topological polar surface area (TPSA) is 15.3 Å². The van der Waals surface area contributed by atoms with Crippen LogP contribution in [0.15, 0.2) is 24.3 Å². The standard InChI is InChI=1S/C16H26N2/c1-4-14-9-11-18(12-10-14)16-8-6-5-7-15(16)13(2)17-3/h5-8,13-14,17H,4,9-12H2,1-3H3. The first kappa shape index (κ1) is 13.4. The Hall–Kier alpha value is -1.02. The third kappa shape index (κ3) is 2.86. The molecule has 1 N–H and O–H groups in total. The van der Waals surface area contributed by atoms with Crippen LogP contribution in [0.4, 0.5) is 5.69 Å². The fourth-order valence-corrected chi connectivity index (χ4v) is 2.88. The largest absolute Gasteiger partial charge is 0.371 e. The van der Waals surface area contributed by atoms with E-state index in [4.69, 9.17) is 0 Å². The molecule has 0 saturated carbocycles. The minimum Gasteiger partial charge on any atom is -0.371 e. The average molecular weight is 246 g/mol. The van der Waals surface area contributed by atoms with Crippen LogP contribution in [-0.2, 0) is 0 Å². The monoisotopic (exact) mass is 246 g/mol. The molecule has 1 aliphatic rings. The highest BCUT2D eigenvalue weighted by Gasteiger charge is 2.20. The number of anilines is 1. The molecule has 0 amide bonds. The van der Waals surface area contributed by atoms with Crippen LogP contribution >= 0.6 is 0 Å². The molecule has 2 nitrogen and oxygen atoms in total. The van der Waals surface area contributed by atoms with Gasteiger partial charge in [-0.1, -0.05) is 31.5 Å². The molecule has 1 atom stereocenters. The zero-order valence-corrected chi connectivity index (χ0v) is 11.9. The number of nitrogens with one attached hydrogen (secondary N) is 1. The Kier molecular flexibility index (Phi) is 4.65. The van der Waals surface area contributed by atoms with Gasteiger partial charge >= 0.3 is 0 Å². The smallest absolute Gasteiger partial charge is 0.0414 e. The maximum atomic E-state index is 3.35. The normalized spacial score (nSPS) is 18.9. The molecule has 1 heterocycles. The van der Waals surface area contributed by atoms with E-state index in [-0.39, 0.29) is 0 Å². The number of piperidine rings is 1. The summed E-state index contributed by atoms with van der Waals surface area (Å²) in [6.07, 6.45) is 4.03. The highest BCUT2D eigenvalue weighted by molar-refractivity contribution is 5.55. The number of hydrogen-bond donors (Lipinski definition) is 1. The van der Waals surface area contributed by atoms with Crippen LogP contribution in [0, 0.1) is 5.92 Å². The molecule has 2 heteroatoms. The molecule has 1 aromatic carbocycles. The van der Waals surface area contributed by atoms with Crippen LogP contribution < -0.4 is 10.2 Å². The second-order valence-corrected chi connectivity index (χ2v) is 5.41. The first-order chi connectivity index (χ1) is 8.76. The molecule has 0 spiro atoms. The maximum Gasteiger partial charge on any atom is 0.0414 e. The van der Waals surface area contributed by atoms with Crippen molar-refractivity contribution in [3.05, 3.63) is 29.8 Å². The third-order valence-electron chi connectivity index (χ3n) is 4.37. The first-order valence-corrected chi connectivity index (χ1v) is 7.27. The van der Waals surface area contributed by atoms with Gasteiger partial charge < -0.3 is 10.2 Å². The van der Waals surface area contributed by atoms with Crippen LogP contribution in [0.1, 0.15) is 44.7 Å². The van der Waals surface area contributed by atoms with Gasteiger partial charge in [0, 0.05) is 24.8 Å². The van der Waals surface area contributed by atoms with E-state index in [1.54, 1.807) is 0 Å². The molecule has 1 saturated heterocycles. The Morgan fingerprint density at radius 1 is 1.28 bits per heavy atom. The van der Waals surface area contributed by atoms with Crippen molar-refractivity contribution in [3.63, 3.8) is 0 Å². The van der Waals surface area contributed by atoms with Gasteiger partial charge in [0.05, 0.1) is 0 Å². The Morgan fingerprint density at radius 2 is 1.94 bits per heavy atom. The van der Waals surface area contributed by atoms with Crippen molar-refractivity contribution in [2.45, 2.75) is 39.2 Å². The molecule has 2 rings (SSSR count). The molecule has 1 unspecified atom stereocenters. The molecule has 18 heavy (non-hydrogen) atoms. The summed E-state index contributed by atoms with van der Waals surface area (Å²) in [7, 11) is 2.03. The predicted molar refractivity (Wildman–Crippen MR) is 79.1 cm³/mol. The summed E-state index contributed by atoms with van der Waals surface area (Å²) in [4.78, 5) is 2.56. The highest BCUT2D eigenvalue weighted by Crippen LogP contribution is 2.30. The molecule has 1 aromatic rings. The summed E-state index contributed by atoms with van der Waals surface area (Å²) >= 11 is 0. The van der Waals surface area contributed by atoms with Gasteiger partial charge in [-0.2, -0.15) is 0 Å². The Labute approximate surface area is 111 Å². The van der Waals surface area contributed by atoms with Crippen LogP contribution in [0.2, 0.25) is 0 Å². The van der Waals surface area contributed by atoms with Crippen molar-refractivity contribution in [3.8, 4) is 0 Å². The van der Waals surface area contributed by atoms with Crippen molar-refractivity contribution in [1.29, 1.82) is 0 Å². The van der Waals surface area contributed by atoms with E-state index < -0.39 is 0 Å². The lowest BCUT2D eigenvalue weighted by Crippen LogP contribution is -2.34. The van der Waals surface area contributed by atoms with E-state index in [0.717, 1.165) is 5.92 Å². The van der Waals surface area contributed by atoms with E-state index in [2.05, 4.69) is 48.3 Å². The van der Waals surface area contributed by atoms with Crippen molar-refractivity contribution in [1.82, 2.24) is 5.32 Å². The zero-order chi connectivity index (χ0) is 13.0. The summed E-state index contributed by atoms with van der Waals surface area (Å²) in [5, 5.41) is 3.35. The zero-order valence-electron chi connectivity index (χ0n) is 11.9. The van der Waals surface area contributed by atoms with E-state index in [9.17, 15) is 0 Å². The molecular formula is C16H26N2. The third-order valence-corrected chi connectivity index (χ3v) is 4.37. The molecule has 1 aliphatic heterocycles. The lowest BCUT2D eigenvalue weighted by Gasteiger charge is -2.35. The Morgan fingerprint density at radius 3 is 2.56 bits per heavy atom.